The van der Waals surface area contributed by atoms with E-state index in [0.717, 1.165) is 28.3 Å². The number of rotatable bonds is 8. The summed E-state index contributed by atoms with van der Waals surface area (Å²) in [4.78, 5) is 20.9. The lowest BCUT2D eigenvalue weighted by Gasteiger charge is -2.08. The predicted molar refractivity (Wildman–Crippen MR) is 133 cm³/mol. The molecule has 1 aromatic heterocycles. The molecular formula is C28H25N3O3. The van der Waals surface area contributed by atoms with Crippen LogP contribution in [0.3, 0.4) is 0 Å². The summed E-state index contributed by atoms with van der Waals surface area (Å²) in [6.07, 6.45) is 3.24. The van der Waals surface area contributed by atoms with E-state index >= 15 is 0 Å². The van der Waals surface area contributed by atoms with Crippen LogP contribution in [0.1, 0.15) is 22.5 Å². The topological polar surface area (TPSA) is 73.3 Å². The number of hydrogen-bond donors (Lipinski definition) is 1. The second-order valence-corrected chi connectivity index (χ2v) is 7.73. The van der Waals surface area contributed by atoms with Crippen molar-refractivity contribution < 1.29 is 14.3 Å². The Morgan fingerprint density at radius 3 is 2.32 bits per heavy atom. The Balaban J connectivity index is 1.31. The summed E-state index contributed by atoms with van der Waals surface area (Å²) in [6.45, 7) is 4.28. The summed E-state index contributed by atoms with van der Waals surface area (Å²) in [7, 11) is 0. The minimum Gasteiger partial charge on any atom is -0.489 e. The van der Waals surface area contributed by atoms with E-state index < -0.39 is 0 Å². The monoisotopic (exact) mass is 451 g/mol. The molecular weight excluding hydrogens is 426 g/mol. The predicted octanol–water partition coefficient (Wildman–Crippen LogP) is 6.12. The number of aryl methyl sites for hydroxylation is 2. The van der Waals surface area contributed by atoms with E-state index in [1.54, 1.807) is 30.3 Å². The molecule has 0 radical (unpaired) electrons. The van der Waals surface area contributed by atoms with Gasteiger partial charge in [-0.05, 0) is 61.4 Å². The molecule has 1 amide bonds. The van der Waals surface area contributed by atoms with Gasteiger partial charge >= 0.3 is 6.01 Å². The lowest BCUT2D eigenvalue weighted by molar-refractivity contribution is -0.111. The van der Waals surface area contributed by atoms with Gasteiger partial charge in [0.2, 0.25) is 5.91 Å². The Morgan fingerprint density at radius 2 is 1.59 bits per heavy atom. The maximum absolute atomic E-state index is 12.4. The van der Waals surface area contributed by atoms with Crippen molar-refractivity contribution in [3.8, 4) is 17.5 Å². The average Bonchev–Trinajstić information content (AvgIpc) is 2.82. The van der Waals surface area contributed by atoms with E-state index in [1.807, 2.05) is 74.5 Å². The van der Waals surface area contributed by atoms with Crippen LogP contribution in [0.2, 0.25) is 0 Å². The number of benzene rings is 3. The zero-order valence-corrected chi connectivity index (χ0v) is 19.1. The summed E-state index contributed by atoms with van der Waals surface area (Å²) in [5.74, 6) is 1.07. The van der Waals surface area contributed by atoms with Crippen LogP contribution >= 0.6 is 0 Å². The van der Waals surface area contributed by atoms with Crippen molar-refractivity contribution in [3.63, 3.8) is 0 Å². The SMILES string of the molecule is Cc1cc(C)nc(Oc2cccc(NC(=O)/C=C/c3ccc(OCc4ccccc4)cc3)c2)n1. The third kappa shape index (κ3) is 6.77. The Hall–Kier alpha value is -4.45. The molecule has 6 nitrogen and oxygen atoms in total. The summed E-state index contributed by atoms with van der Waals surface area (Å²) in [6, 6.07) is 26.8. The molecule has 6 heteroatoms. The number of hydrogen-bond acceptors (Lipinski definition) is 5. The molecule has 0 saturated carbocycles. The van der Waals surface area contributed by atoms with E-state index in [1.165, 1.54) is 6.08 Å². The smallest absolute Gasteiger partial charge is 0.322 e. The molecule has 4 rings (SSSR count). The van der Waals surface area contributed by atoms with Crippen LogP contribution in [0, 0.1) is 13.8 Å². The van der Waals surface area contributed by atoms with Crippen molar-refractivity contribution in [2.24, 2.45) is 0 Å². The third-order valence-corrected chi connectivity index (χ3v) is 4.83. The Labute approximate surface area is 198 Å². The van der Waals surface area contributed by atoms with Gasteiger partial charge < -0.3 is 14.8 Å². The lowest BCUT2D eigenvalue weighted by atomic mass is 10.2. The van der Waals surface area contributed by atoms with Crippen molar-refractivity contribution in [2.45, 2.75) is 20.5 Å². The van der Waals surface area contributed by atoms with Gasteiger partial charge in [0.05, 0.1) is 0 Å². The van der Waals surface area contributed by atoms with Crippen LogP contribution in [0.5, 0.6) is 17.5 Å². The molecule has 3 aromatic carbocycles. The number of ether oxygens (including phenoxy) is 2. The summed E-state index contributed by atoms with van der Waals surface area (Å²) >= 11 is 0. The zero-order valence-electron chi connectivity index (χ0n) is 19.1. The number of nitrogens with zero attached hydrogens (tertiary/aromatic N) is 2. The standard InChI is InChI=1S/C28H25N3O3/c1-20-17-21(2)30-28(29-20)34-26-10-6-9-24(18-26)31-27(32)16-13-22-11-14-25(15-12-22)33-19-23-7-4-3-5-8-23/h3-18H,19H2,1-2H3,(H,31,32)/b16-13+. The molecule has 0 fully saturated rings. The van der Waals surface area contributed by atoms with Crippen molar-refractivity contribution in [1.29, 1.82) is 0 Å². The van der Waals surface area contributed by atoms with Gasteiger partial charge in [0.25, 0.3) is 0 Å². The van der Waals surface area contributed by atoms with Gasteiger partial charge in [0, 0.05) is 29.2 Å². The highest BCUT2D eigenvalue weighted by molar-refractivity contribution is 6.02. The van der Waals surface area contributed by atoms with E-state index in [4.69, 9.17) is 9.47 Å². The summed E-state index contributed by atoms with van der Waals surface area (Å²) < 4.78 is 11.5. The minimum absolute atomic E-state index is 0.246. The highest BCUT2D eigenvalue weighted by Gasteiger charge is 2.05. The number of anilines is 1. The molecule has 1 heterocycles. The highest BCUT2D eigenvalue weighted by Crippen LogP contribution is 2.22. The van der Waals surface area contributed by atoms with Crippen LogP contribution in [0.15, 0.2) is 91.0 Å². The lowest BCUT2D eigenvalue weighted by Crippen LogP contribution is -2.07. The van der Waals surface area contributed by atoms with Gasteiger partial charge in [0.1, 0.15) is 18.1 Å². The minimum atomic E-state index is -0.246. The normalized spacial score (nSPS) is 10.8. The van der Waals surface area contributed by atoms with Gasteiger partial charge in [-0.25, -0.2) is 9.97 Å². The molecule has 170 valence electrons. The van der Waals surface area contributed by atoms with Gasteiger partial charge in [-0.3, -0.25) is 4.79 Å². The Morgan fingerprint density at radius 1 is 0.853 bits per heavy atom. The Bertz CT molecular complexity index is 1270. The fourth-order valence-electron chi connectivity index (χ4n) is 3.25. The van der Waals surface area contributed by atoms with Gasteiger partial charge in [0.15, 0.2) is 0 Å². The number of carbonyl (C=O) groups excluding carboxylic acids is 1. The molecule has 0 aliphatic rings. The first-order chi connectivity index (χ1) is 16.5. The molecule has 0 aliphatic carbocycles. The summed E-state index contributed by atoms with van der Waals surface area (Å²) in [5.41, 5.74) is 4.27. The van der Waals surface area contributed by atoms with Crippen molar-refractivity contribution in [1.82, 2.24) is 9.97 Å². The first kappa shape index (κ1) is 22.7. The fourth-order valence-corrected chi connectivity index (χ4v) is 3.25. The van der Waals surface area contributed by atoms with Crippen LogP contribution in [0.4, 0.5) is 5.69 Å². The van der Waals surface area contributed by atoms with Crippen molar-refractivity contribution >= 4 is 17.7 Å². The Kier molecular flexibility index (Phi) is 7.30. The van der Waals surface area contributed by atoms with E-state index in [9.17, 15) is 4.79 Å². The van der Waals surface area contributed by atoms with Crippen LogP contribution in [0.25, 0.3) is 6.08 Å². The maximum Gasteiger partial charge on any atom is 0.322 e. The quantitative estimate of drug-likeness (QED) is 0.327. The first-order valence-electron chi connectivity index (χ1n) is 10.9. The van der Waals surface area contributed by atoms with Crippen molar-refractivity contribution in [2.75, 3.05) is 5.32 Å². The van der Waals surface area contributed by atoms with E-state index in [-0.39, 0.29) is 11.9 Å². The first-order valence-corrected chi connectivity index (χ1v) is 10.9. The van der Waals surface area contributed by atoms with Crippen LogP contribution in [-0.4, -0.2) is 15.9 Å². The van der Waals surface area contributed by atoms with Gasteiger partial charge in [-0.15, -0.1) is 0 Å². The number of nitrogens with one attached hydrogen (secondary N) is 1. The molecule has 0 atom stereocenters. The zero-order chi connectivity index (χ0) is 23.8. The van der Waals surface area contributed by atoms with Gasteiger partial charge in [-0.1, -0.05) is 48.5 Å². The molecule has 4 aromatic rings. The molecule has 0 aliphatic heterocycles. The molecule has 0 saturated heterocycles. The second-order valence-electron chi connectivity index (χ2n) is 7.73. The maximum atomic E-state index is 12.4. The average molecular weight is 452 g/mol. The largest absolute Gasteiger partial charge is 0.489 e. The molecule has 0 unspecified atom stereocenters. The highest BCUT2D eigenvalue weighted by atomic mass is 16.5. The van der Waals surface area contributed by atoms with Crippen molar-refractivity contribution in [3.05, 3.63) is 114 Å². The summed E-state index contributed by atoms with van der Waals surface area (Å²) in [5, 5.41) is 2.84. The second kappa shape index (κ2) is 10.9. The number of aromatic nitrogens is 2. The molecule has 0 bridgehead atoms. The number of carbonyl (C=O) groups is 1. The third-order valence-electron chi connectivity index (χ3n) is 4.83. The van der Waals surface area contributed by atoms with E-state index in [0.29, 0.717) is 18.0 Å². The molecule has 0 spiro atoms. The number of amides is 1. The van der Waals surface area contributed by atoms with Crippen LogP contribution in [-0.2, 0) is 11.4 Å². The van der Waals surface area contributed by atoms with Crippen LogP contribution < -0.4 is 14.8 Å². The van der Waals surface area contributed by atoms with E-state index in [2.05, 4.69) is 15.3 Å². The molecule has 1 N–H and O–H groups in total. The fraction of sp³-hybridized carbons (Fsp3) is 0.107. The molecule has 34 heavy (non-hydrogen) atoms. The van der Waals surface area contributed by atoms with Gasteiger partial charge in [-0.2, -0.15) is 0 Å².